The van der Waals surface area contributed by atoms with Gasteiger partial charge < -0.3 is 0 Å². The van der Waals surface area contributed by atoms with Crippen LogP contribution in [0.15, 0.2) is 122 Å². The van der Waals surface area contributed by atoms with E-state index in [4.69, 9.17) is 0 Å². The van der Waals surface area contributed by atoms with Crippen LogP contribution in [-0.2, 0) is 0 Å². The molecule has 0 radical (unpaired) electrons. The van der Waals surface area contributed by atoms with Gasteiger partial charge in [0.25, 0.3) is 0 Å². The summed E-state index contributed by atoms with van der Waals surface area (Å²) in [6.45, 7) is 4.08. The summed E-state index contributed by atoms with van der Waals surface area (Å²) in [5, 5.41) is 4.73. The van der Waals surface area contributed by atoms with E-state index in [1.54, 1.807) is 0 Å². The first kappa shape index (κ1) is 23.9. The maximum absolute atomic E-state index is 4.68. The van der Waals surface area contributed by atoms with Gasteiger partial charge in [0.15, 0.2) is 0 Å². The smallest absolute Gasteiger partial charge is 0.0451 e. The van der Waals surface area contributed by atoms with Crippen molar-refractivity contribution in [3.8, 4) is 44.5 Å². The average molecular weight is 515 g/mol. The Kier molecular flexibility index (Phi) is 5.86. The Morgan fingerprint density at radius 3 is 1.18 bits per heavy atom. The van der Waals surface area contributed by atoms with E-state index in [1.807, 2.05) is 63.2 Å². The first-order valence-electron chi connectivity index (χ1n) is 13.4. The third kappa shape index (κ3) is 4.02. The SMILES string of the molecule is Cc1ncccc1-c1cncc(-c2c3ccccc3c(-c3cncc(-c4cccnc4C)c3)c3ccccc23)c1. The van der Waals surface area contributed by atoms with Crippen LogP contribution in [-0.4, -0.2) is 19.9 Å². The number of hydrogen-bond donors (Lipinski definition) is 0. The van der Waals surface area contributed by atoms with Crippen LogP contribution in [0.5, 0.6) is 0 Å². The van der Waals surface area contributed by atoms with Crippen molar-refractivity contribution >= 4 is 21.5 Å². The third-order valence-electron chi connectivity index (χ3n) is 7.62. The molecule has 0 amide bonds. The van der Waals surface area contributed by atoms with Gasteiger partial charge in [0, 0.05) is 81.9 Å². The molecule has 0 N–H and O–H groups in total. The molecule has 4 heteroatoms. The van der Waals surface area contributed by atoms with E-state index in [2.05, 4.69) is 92.7 Å². The van der Waals surface area contributed by atoms with E-state index in [0.29, 0.717) is 0 Å². The Bertz CT molecular complexity index is 1840. The fourth-order valence-corrected chi connectivity index (χ4v) is 5.78. The molecule has 0 unspecified atom stereocenters. The van der Waals surface area contributed by atoms with Gasteiger partial charge in [0.1, 0.15) is 0 Å². The number of nitrogens with zero attached hydrogens (tertiary/aromatic N) is 4. The molecule has 0 aliphatic rings. The van der Waals surface area contributed by atoms with Crippen LogP contribution in [0.1, 0.15) is 11.4 Å². The summed E-state index contributed by atoms with van der Waals surface area (Å²) in [6.07, 6.45) is 11.4. The zero-order valence-corrected chi connectivity index (χ0v) is 22.3. The molecule has 40 heavy (non-hydrogen) atoms. The molecule has 0 spiro atoms. The topological polar surface area (TPSA) is 51.6 Å². The Balaban J connectivity index is 1.51. The summed E-state index contributed by atoms with van der Waals surface area (Å²) < 4.78 is 0. The standard InChI is InChI=1S/C36H26N4/c1-23-29(13-7-15-39-23)25-17-27(21-37-19-25)35-31-9-3-5-11-33(31)36(34-12-6-4-10-32(34)35)28-18-26(20-38-22-28)30-14-8-16-40-24(30)2/h3-22H,1-2H3. The van der Waals surface area contributed by atoms with Crippen molar-refractivity contribution in [2.45, 2.75) is 13.8 Å². The average Bonchev–Trinajstić information content (AvgIpc) is 3.00. The summed E-state index contributed by atoms with van der Waals surface area (Å²) in [5.41, 5.74) is 10.8. The highest BCUT2D eigenvalue weighted by atomic mass is 14.7. The molecule has 0 fully saturated rings. The van der Waals surface area contributed by atoms with Gasteiger partial charge in [-0.15, -0.1) is 0 Å². The summed E-state index contributed by atoms with van der Waals surface area (Å²) in [5.74, 6) is 0. The summed E-state index contributed by atoms with van der Waals surface area (Å²) in [7, 11) is 0. The van der Waals surface area contributed by atoms with Crippen molar-refractivity contribution in [3.05, 3.63) is 133 Å². The van der Waals surface area contributed by atoms with Crippen molar-refractivity contribution in [2.24, 2.45) is 0 Å². The maximum atomic E-state index is 4.68. The predicted octanol–water partition coefficient (Wildman–Crippen LogP) is 8.86. The van der Waals surface area contributed by atoms with Crippen LogP contribution < -0.4 is 0 Å². The molecule has 0 atom stereocenters. The molecule has 4 aromatic heterocycles. The van der Waals surface area contributed by atoms with Gasteiger partial charge in [-0.05, 0) is 70.8 Å². The second-order valence-corrected chi connectivity index (χ2v) is 10.0. The molecule has 7 aromatic rings. The molecule has 0 aliphatic carbocycles. The Morgan fingerprint density at radius 1 is 0.425 bits per heavy atom. The quantitative estimate of drug-likeness (QED) is 0.220. The molecule has 0 saturated carbocycles. The van der Waals surface area contributed by atoms with Crippen LogP contribution >= 0.6 is 0 Å². The van der Waals surface area contributed by atoms with Crippen molar-refractivity contribution in [2.75, 3.05) is 0 Å². The number of hydrogen-bond acceptors (Lipinski definition) is 4. The minimum Gasteiger partial charge on any atom is -0.263 e. The molecule has 4 nitrogen and oxygen atoms in total. The first-order chi connectivity index (χ1) is 19.7. The van der Waals surface area contributed by atoms with Gasteiger partial charge >= 0.3 is 0 Å². The fraction of sp³-hybridized carbons (Fsp3) is 0.0556. The lowest BCUT2D eigenvalue weighted by Crippen LogP contribution is -1.94. The molecular weight excluding hydrogens is 488 g/mol. The minimum atomic E-state index is 0.989. The molecule has 3 aromatic carbocycles. The first-order valence-corrected chi connectivity index (χ1v) is 13.4. The third-order valence-corrected chi connectivity index (χ3v) is 7.62. The highest BCUT2D eigenvalue weighted by Gasteiger charge is 2.18. The highest BCUT2D eigenvalue weighted by molar-refractivity contribution is 6.21. The van der Waals surface area contributed by atoms with Crippen molar-refractivity contribution in [1.82, 2.24) is 19.9 Å². The molecule has 0 saturated heterocycles. The number of aromatic nitrogens is 4. The molecular formula is C36H26N4. The molecule has 190 valence electrons. The van der Waals surface area contributed by atoms with Gasteiger partial charge in [-0.1, -0.05) is 60.7 Å². The number of fused-ring (bicyclic) bond motifs is 2. The van der Waals surface area contributed by atoms with Crippen molar-refractivity contribution in [1.29, 1.82) is 0 Å². The monoisotopic (exact) mass is 514 g/mol. The fourth-order valence-electron chi connectivity index (χ4n) is 5.78. The number of rotatable bonds is 4. The number of aryl methyl sites for hydroxylation is 2. The van der Waals surface area contributed by atoms with Crippen LogP contribution in [0, 0.1) is 13.8 Å². The molecule has 7 rings (SSSR count). The summed E-state index contributed by atoms with van der Waals surface area (Å²) >= 11 is 0. The summed E-state index contributed by atoms with van der Waals surface area (Å²) in [4.78, 5) is 18.4. The molecule has 0 bridgehead atoms. The normalized spacial score (nSPS) is 11.2. The van der Waals surface area contributed by atoms with Gasteiger partial charge in [0.2, 0.25) is 0 Å². The van der Waals surface area contributed by atoms with Crippen molar-refractivity contribution < 1.29 is 0 Å². The largest absolute Gasteiger partial charge is 0.263 e. The van der Waals surface area contributed by atoms with E-state index in [1.165, 1.54) is 32.7 Å². The lowest BCUT2D eigenvalue weighted by molar-refractivity contribution is 1.20. The van der Waals surface area contributed by atoms with E-state index >= 15 is 0 Å². The van der Waals surface area contributed by atoms with Gasteiger partial charge in [0.05, 0.1) is 0 Å². The minimum absolute atomic E-state index is 0.989. The predicted molar refractivity (Wildman–Crippen MR) is 164 cm³/mol. The van der Waals surface area contributed by atoms with Gasteiger partial charge in [-0.2, -0.15) is 0 Å². The van der Waals surface area contributed by atoms with Crippen LogP contribution in [0.4, 0.5) is 0 Å². The zero-order chi connectivity index (χ0) is 27.1. The molecule has 0 aliphatic heterocycles. The van der Waals surface area contributed by atoms with E-state index in [-0.39, 0.29) is 0 Å². The maximum Gasteiger partial charge on any atom is 0.0451 e. The van der Waals surface area contributed by atoms with E-state index in [9.17, 15) is 0 Å². The van der Waals surface area contributed by atoms with Crippen LogP contribution in [0.3, 0.4) is 0 Å². The number of benzene rings is 3. The van der Waals surface area contributed by atoms with Gasteiger partial charge in [-0.3, -0.25) is 19.9 Å². The van der Waals surface area contributed by atoms with E-state index in [0.717, 1.165) is 44.8 Å². The number of pyridine rings is 4. The highest BCUT2D eigenvalue weighted by Crippen LogP contribution is 2.44. The second kappa shape index (κ2) is 9.83. The Labute approximate surface area is 233 Å². The lowest BCUT2D eigenvalue weighted by Gasteiger charge is -2.18. The lowest BCUT2D eigenvalue weighted by atomic mass is 9.86. The second-order valence-electron chi connectivity index (χ2n) is 10.0. The van der Waals surface area contributed by atoms with E-state index < -0.39 is 0 Å². The van der Waals surface area contributed by atoms with Crippen molar-refractivity contribution in [3.63, 3.8) is 0 Å². The summed E-state index contributed by atoms with van der Waals surface area (Å²) in [6, 6.07) is 29.9. The van der Waals surface area contributed by atoms with Gasteiger partial charge in [-0.25, -0.2) is 0 Å². The Hall–Kier alpha value is -5.22. The van der Waals surface area contributed by atoms with Crippen LogP contribution in [0.25, 0.3) is 66.1 Å². The Morgan fingerprint density at radius 2 is 0.800 bits per heavy atom. The zero-order valence-electron chi connectivity index (χ0n) is 22.3. The van der Waals surface area contributed by atoms with Crippen LogP contribution in [0.2, 0.25) is 0 Å². The molecule has 4 heterocycles.